The van der Waals surface area contributed by atoms with Crippen molar-refractivity contribution in [3.63, 3.8) is 0 Å². The number of hydrogen-bond acceptors (Lipinski definition) is 4. The Hall–Kier alpha value is 0.220. The molecule has 1 aliphatic heterocycles. The summed E-state index contributed by atoms with van der Waals surface area (Å²) in [6, 6.07) is 0.0333. The summed E-state index contributed by atoms with van der Waals surface area (Å²) in [6.45, 7) is 12.7. The summed E-state index contributed by atoms with van der Waals surface area (Å²) < 4.78 is 0. The van der Waals surface area contributed by atoms with Gasteiger partial charge in [-0.1, -0.05) is 20.3 Å². The third-order valence-corrected chi connectivity index (χ3v) is 3.99. The molecule has 1 amide bonds. The van der Waals surface area contributed by atoms with Crippen LogP contribution in [0.5, 0.6) is 0 Å². The molecular formula is C14H33Cl3N4O. The van der Waals surface area contributed by atoms with Crippen molar-refractivity contribution in [2.24, 2.45) is 5.73 Å². The molecule has 0 radical (unpaired) electrons. The average Bonchev–Trinajstić information content (AvgIpc) is 2.44. The van der Waals surface area contributed by atoms with Gasteiger partial charge in [-0.15, -0.1) is 37.2 Å². The first-order chi connectivity index (χ1) is 9.08. The lowest BCUT2D eigenvalue weighted by atomic mass is 10.1. The monoisotopic (exact) mass is 378 g/mol. The molecule has 1 heterocycles. The second-order valence-electron chi connectivity index (χ2n) is 5.46. The summed E-state index contributed by atoms with van der Waals surface area (Å²) in [7, 11) is 0. The molecule has 0 spiro atoms. The Bertz CT molecular complexity index is 277. The van der Waals surface area contributed by atoms with E-state index in [0.717, 1.165) is 45.6 Å². The lowest BCUT2D eigenvalue weighted by molar-refractivity contribution is -0.122. The summed E-state index contributed by atoms with van der Waals surface area (Å²) in [4.78, 5) is 16.7. The summed E-state index contributed by atoms with van der Waals surface area (Å²) in [5, 5.41) is 2.97. The van der Waals surface area contributed by atoms with Crippen molar-refractivity contribution in [1.29, 1.82) is 0 Å². The van der Waals surface area contributed by atoms with E-state index in [-0.39, 0.29) is 49.2 Å². The van der Waals surface area contributed by atoms with Crippen molar-refractivity contribution in [2.45, 2.75) is 45.7 Å². The zero-order valence-electron chi connectivity index (χ0n) is 13.9. The number of nitrogens with one attached hydrogen (secondary N) is 1. The number of piperazine rings is 1. The molecular weight excluding hydrogens is 347 g/mol. The van der Waals surface area contributed by atoms with Crippen LogP contribution in [0.2, 0.25) is 0 Å². The molecule has 1 saturated heterocycles. The van der Waals surface area contributed by atoms with Crippen molar-refractivity contribution < 1.29 is 4.79 Å². The molecule has 1 aliphatic rings. The second-order valence-corrected chi connectivity index (χ2v) is 5.46. The third-order valence-electron chi connectivity index (χ3n) is 3.99. The molecule has 0 aliphatic carbocycles. The Morgan fingerprint density at radius 1 is 1.14 bits per heavy atom. The van der Waals surface area contributed by atoms with Gasteiger partial charge in [0.05, 0.1) is 6.04 Å². The molecule has 1 rings (SSSR count). The highest BCUT2D eigenvalue weighted by molar-refractivity contribution is 5.86. The number of nitrogens with zero attached hydrogens (tertiary/aromatic N) is 2. The first kappa shape index (κ1) is 27.1. The third kappa shape index (κ3) is 9.38. The zero-order chi connectivity index (χ0) is 14.3. The molecule has 0 bridgehead atoms. The van der Waals surface area contributed by atoms with Gasteiger partial charge in [-0.25, -0.2) is 0 Å². The van der Waals surface area contributed by atoms with E-state index in [0.29, 0.717) is 12.6 Å². The predicted octanol–water partition coefficient (Wildman–Crippen LogP) is 1.52. The van der Waals surface area contributed by atoms with Crippen LogP contribution in [0, 0.1) is 0 Å². The van der Waals surface area contributed by atoms with E-state index < -0.39 is 0 Å². The van der Waals surface area contributed by atoms with Crippen LogP contribution in [0.3, 0.4) is 0 Å². The topological polar surface area (TPSA) is 61.6 Å². The molecule has 0 aromatic rings. The number of nitrogens with two attached hydrogens (primary N) is 1. The Morgan fingerprint density at radius 3 is 2.14 bits per heavy atom. The molecule has 1 fully saturated rings. The highest BCUT2D eigenvalue weighted by Crippen LogP contribution is 2.05. The highest BCUT2D eigenvalue weighted by Gasteiger charge is 2.21. The number of halogens is 3. The number of hydrogen-bond donors (Lipinski definition) is 2. The van der Waals surface area contributed by atoms with Crippen LogP contribution < -0.4 is 11.1 Å². The van der Waals surface area contributed by atoms with Crippen LogP contribution in [0.15, 0.2) is 0 Å². The standard InChI is InChI=1S/C14H30N4O.3ClH/c1-4-6-13(15)14(19)16-11-12(3)18-9-7-17(5-2)8-10-18;;;/h12-13H,4-11,15H2,1-3H3,(H,16,19);3*1H. The minimum Gasteiger partial charge on any atom is -0.353 e. The van der Waals surface area contributed by atoms with E-state index in [1.807, 2.05) is 6.92 Å². The number of carbonyl (C=O) groups excluding carboxylic acids is 1. The minimum absolute atomic E-state index is 0. The Morgan fingerprint density at radius 2 is 1.68 bits per heavy atom. The van der Waals surface area contributed by atoms with Gasteiger partial charge in [-0.05, 0) is 19.9 Å². The van der Waals surface area contributed by atoms with Gasteiger partial charge in [-0.3, -0.25) is 9.69 Å². The molecule has 0 saturated carbocycles. The van der Waals surface area contributed by atoms with E-state index >= 15 is 0 Å². The quantitative estimate of drug-likeness (QED) is 0.704. The predicted molar refractivity (Wildman–Crippen MR) is 101 cm³/mol. The van der Waals surface area contributed by atoms with Gasteiger partial charge in [0.2, 0.25) is 5.91 Å². The van der Waals surface area contributed by atoms with Crippen molar-refractivity contribution in [3.8, 4) is 0 Å². The van der Waals surface area contributed by atoms with Gasteiger partial charge in [-0.2, -0.15) is 0 Å². The van der Waals surface area contributed by atoms with Crippen LogP contribution in [0.1, 0.15) is 33.6 Å². The fourth-order valence-corrected chi connectivity index (χ4v) is 2.47. The zero-order valence-corrected chi connectivity index (χ0v) is 16.4. The normalized spacial score (nSPS) is 18.2. The number of likely N-dealkylation sites (N-methyl/N-ethyl adjacent to an activating group) is 1. The Labute approximate surface area is 154 Å². The van der Waals surface area contributed by atoms with Crippen molar-refractivity contribution >= 4 is 43.1 Å². The van der Waals surface area contributed by atoms with Crippen LogP contribution in [0.4, 0.5) is 0 Å². The number of carbonyl (C=O) groups is 1. The molecule has 2 unspecified atom stereocenters. The molecule has 136 valence electrons. The summed E-state index contributed by atoms with van der Waals surface area (Å²) >= 11 is 0. The maximum absolute atomic E-state index is 11.8. The van der Waals surface area contributed by atoms with Crippen molar-refractivity contribution in [1.82, 2.24) is 15.1 Å². The molecule has 8 heteroatoms. The van der Waals surface area contributed by atoms with Gasteiger partial charge in [0.15, 0.2) is 0 Å². The van der Waals surface area contributed by atoms with E-state index in [4.69, 9.17) is 5.73 Å². The Balaban J connectivity index is -0.00000120. The molecule has 2 atom stereocenters. The van der Waals surface area contributed by atoms with Gasteiger partial charge in [0, 0.05) is 38.8 Å². The van der Waals surface area contributed by atoms with Crippen LogP contribution in [-0.2, 0) is 4.79 Å². The molecule has 22 heavy (non-hydrogen) atoms. The average molecular weight is 380 g/mol. The molecule has 5 nitrogen and oxygen atoms in total. The van der Waals surface area contributed by atoms with Crippen LogP contribution in [-0.4, -0.2) is 67.1 Å². The fraction of sp³-hybridized carbons (Fsp3) is 0.929. The lowest BCUT2D eigenvalue weighted by Gasteiger charge is -2.37. The highest BCUT2D eigenvalue weighted by atomic mass is 35.5. The number of amides is 1. The molecule has 0 aromatic heterocycles. The summed E-state index contributed by atoms with van der Waals surface area (Å²) in [5.74, 6) is -0.0131. The van der Waals surface area contributed by atoms with Gasteiger partial charge < -0.3 is 16.0 Å². The second kappa shape index (κ2) is 14.8. The van der Waals surface area contributed by atoms with E-state index in [1.165, 1.54) is 0 Å². The smallest absolute Gasteiger partial charge is 0.236 e. The van der Waals surface area contributed by atoms with Gasteiger partial charge in [0.1, 0.15) is 0 Å². The Kier molecular flexibility index (Phi) is 18.2. The van der Waals surface area contributed by atoms with Gasteiger partial charge >= 0.3 is 0 Å². The maximum Gasteiger partial charge on any atom is 0.236 e. The van der Waals surface area contributed by atoms with Crippen molar-refractivity contribution in [2.75, 3.05) is 39.3 Å². The maximum atomic E-state index is 11.8. The largest absolute Gasteiger partial charge is 0.353 e. The number of rotatable bonds is 7. The fourth-order valence-electron chi connectivity index (χ4n) is 2.47. The minimum atomic E-state index is -0.353. The molecule has 3 N–H and O–H groups in total. The van der Waals surface area contributed by atoms with E-state index in [1.54, 1.807) is 0 Å². The SMILES string of the molecule is CCCC(N)C(=O)NCC(C)N1CCN(CC)CC1.Cl.Cl.Cl. The van der Waals surface area contributed by atoms with Crippen LogP contribution >= 0.6 is 37.2 Å². The molecule has 0 aromatic carbocycles. The van der Waals surface area contributed by atoms with Gasteiger partial charge in [0.25, 0.3) is 0 Å². The lowest BCUT2D eigenvalue weighted by Crippen LogP contribution is -2.53. The summed E-state index contributed by atoms with van der Waals surface area (Å²) in [5.41, 5.74) is 5.80. The first-order valence-electron chi connectivity index (χ1n) is 7.58. The first-order valence-corrected chi connectivity index (χ1v) is 7.58. The van der Waals surface area contributed by atoms with E-state index in [2.05, 4.69) is 29.0 Å². The van der Waals surface area contributed by atoms with Crippen LogP contribution in [0.25, 0.3) is 0 Å². The summed E-state index contributed by atoms with van der Waals surface area (Å²) in [6.07, 6.45) is 1.71. The van der Waals surface area contributed by atoms with Crippen molar-refractivity contribution in [3.05, 3.63) is 0 Å². The van der Waals surface area contributed by atoms with E-state index in [9.17, 15) is 4.79 Å².